The molecule has 34 heavy (non-hydrogen) atoms. The number of hydrogen-bond acceptors (Lipinski definition) is 4. The Bertz CT molecular complexity index is 1530. The maximum atomic E-state index is 12.4. The zero-order chi connectivity index (χ0) is 23.7. The lowest BCUT2D eigenvalue weighted by atomic mass is 10.2. The first kappa shape index (κ1) is 22.7. The van der Waals surface area contributed by atoms with Gasteiger partial charge in [-0.05, 0) is 95.4 Å². The number of hydrogen-bond donors (Lipinski definition) is 1. The lowest BCUT2D eigenvalue weighted by Crippen LogP contribution is -2.07. The maximum absolute atomic E-state index is 12.4. The molecule has 0 saturated heterocycles. The molecular formula is C26H15Cl2IN2O3. The van der Waals surface area contributed by atoms with Crippen molar-refractivity contribution in [1.82, 2.24) is 4.98 Å². The first-order valence-electron chi connectivity index (χ1n) is 10.1. The molecule has 8 heteroatoms. The fraction of sp³-hybridized carbons (Fsp3) is 0. The minimum absolute atomic E-state index is 0.301. The number of rotatable bonds is 5. The molecule has 0 bridgehead atoms. The van der Waals surface area contributed by atoms with E-state index in [1.54, 1.807) is 54.6 Å². The van der Waals surface area contributed by atoms with E-state index >= 15 is 0 Å². The van der Waals surface area contributed by atoms with Gasteiger partial charge in [0.15, 0.2) is 5.58 Å². The number of fused-ring (bicyclic) bond motifs is 1. The third kappa shape index (κ3) is 5.19. The minimum Gasteiger partial charge on any atom is -0.457 e. The molecule has 0 atom stereocenters. The van der Waals surface area contributed by atoms with E-state index < -0.39 is 0 Å². The summed E-state index contributed by atoms with van der Waals surface area (Å²) in [5, 5.41) is 3.87. The van der Waals surface area contributed by atoms with E-state index in [0.29, 0.717) is 44.2 Å². The van der Waals surface area contributed by atoms with Crippen molar-refractivity contribution in [3.05, 3.63) is 98.2 Å². The first-order chi connectivity index (χ1) is 16.4. The van der Waals surface area contributed by atoms with Gasteiger partial charge in [0.25, 0.3) is 0 Å². The van der Waals surface area contributed by atoms with Gasteiger partial charge in [-0.25, -0.2) is 4.98 Å². The van der Waals surface area contributed by atoms with Crippen LogP contribution in [0.3, 0.4) is 0 Å². The molecule has 0 radical (unpaired) electrons. The number of carbonyl (C=O) groups is 1. The zero-order valence-corrected chi connectivity index (χ0v) is 21.1. The molecule has 1 amide bonds. The van der Waals surface area contributed by atoms with Crippen LogP contribution < -0.4 is 5.32 Å². The van der Waals surface area contributed by atoms with Crippen molar-refractivity contribution < 1.29 is 13.6 Å². The van der Waals surface area contributed by atoms with E-state index in [2.05, 4.69) is 32.9 Å². The van der Waals surface area contributed by atoms with Gasteiger partial charge in [0.1, 0.15) is 17.0 Å². The molecule has 168 valence electrons. The van der Waals surface area contributed by atoms with Gasteiger partial charge in [0, 0.05) is 36.5 Å². The van der Waals surface area contributed by atoms with Crippen LogP contribution in [-0.4, -0.2) is 10.9 Å². The predicted molar refractivity (Wildman–Crippen MR) is 144 cm³/mol. The standard InChI is InChI=1S/C26H15Cl2IN2O3/c27-17-10-16(11-18(28)13-17)23-8-5-21(33-23)6-9-25(32)30-20-4-7-24-22(14-20)31-26(34-24)15-2-1-3-19(29)12-15/h1-14H,(H,30,32)/b9-6+. The molecule has 5 aromatic rings. The molecule has 0 aliphatic carbocycles. The van der Waals surface area contributed by atoms with Crippen LogP contribution >= 0.6 is 45.8 Å². The number of furan rings is 1. The average molecular weight is 601 g/mol. The summed E-state index contributed by atoms with van der Waals surface area (Å²) in [6, 6.07) is 22.0. The Balaban J connectivity index is 1.29. The monoisotopic (exact) mass is 600 g/mol. The highest BCUT2D eigenvalue weighted by molar-refractivity contribution is 14.1. The van der Waals surface area contributed by atoms with Crippen LogP contribution in [0.25, 0.3) is 40.0 Å². The Labute approximate surface area is 218 Å². The van der Waals surface area contributed by atoms with Crippen molar-refractivity contribution in [2.75, 3.05) is 5.32 Å². The smallest absolute Gasteiger partial charge is 0.248 e. The van der Waals surface area contributed by atoms with E-state index in [0.717, 1.165) is 14.7 Å². The molecule has 3 aromatic carbocycles. The van der Waals surface area contributed by atoms with Gasteiger partial charge < -0.3 is 14.2 Å². The predicted octanol–water partition coefficient (Wildman–Crippen LogP) is 8.32. The van der Waals surface area contributed by atoms with Crippen LogP contribution in [0.2, 0.25) is 10.0 Å². The molecule has 0 aliphatic rings. The van der Waals surface area contributed by atoms with Crippen LogP contribution in [0.1, 0.15) is 5.76 Å². The summed E-state index contributed by atoms with van der Waals surface area (Å²) in [4.78, 5) is 17.0. The van der Waals surface area contributed by atoms with Gasteiger partial charge in [0.2, 0.25) is 11.8 Å². The van der Waals surface area contributed by atoms with Gasteiger partial charge in [-0.1, -0.05) is 29.3 Å². The highest BCUT2D eigenvalue weighted by Gasteiger charge is 2.10. The zero-order valence-electron chi connectivity index (χ0n) is 17.4. The molecular weight excluding hydrogens is 586 g/mol. The van der Waals surface area contributed by atoms with Gasteiger partial charge in [-0.2, -0.15) is 0 Å². The summed E-state index contributed by atoms with van der Waals surface area (Å²) in [5.74, 6) is 1.36. The SMILES string of the molecule is O=C(/C=C/c1ccc(-c2cc(Cl)cc(Cl)c2)o1)Nc1ccc2oc(-c3cccc(I)c3)nc2c1. The quantitative estimate of drug-likeness (QED) is 0.163. The average Bonchev–Trinajstić information content (AvgIpc) is 3.44. The maximum Gasteiger partial charge on any atom is 0.248 e. The lowest BCUT2D eigenvalue weighted by Gasteiger charge is -2.01. The Morgan fingerprint density at radius 1 is 0.912 bits per heavy atom. The summed E-state index contributed by atoms with van der Waals surface area (Å²) in [6.07, 6.45) is 2.99. The first-order valence-corrected chi connectivity index (χ1v) is 12.0. The van der Waals surface area contributed by atoms with Crippen molar-refractivity contribution in [2.24, 2.45) is 0 Å². The van der Waals surface area contributed by atoms with Crippen molar-refractivity contribution in [3.8, 4) is 22.8 Å². The van der Waals surface area contributed by atoms with E-state index in [9.17, 15) is 4.79 Å². The van der Waals surface area contributed by atoms with Crippen LogP contribution in [0.15, 0.2) is 87.7 Å². The molecule has 0 fully saturated rings. The minimum atomic E-state index is -0.301. The van der Waals surface area contributed by atoms with Crippen LogP contribution in [0.4, 0.5) is 5.69 Å². The number of nitrogens with one attached hydrogen (secondary N) is 1. The van der Waals surface area contributed by atoms with Gasteiger partial charge in [0.05, 0.1) is 0 Å². The number of benzene rings is 3. The molecule has 0 aliphatic heterocycles. The van der Waals surface area contributed by atoms with Crippen LogP contribution in [0.5, 0.6) is 0 Å². The van der Waals surface area contributed by atoms with Gasteiger partial charge in [-0.3, -0.25) is 4.79 Å². The number of carbonyl (C=O) groups excluding carboxylic acids is 1. The molecule has 0 spiro atoms. The summed E-state index contributed by atoms with van der Waals surface area (Å²) in [7, 11) is 0. The number of oxazole rings is 1. The second-order valence-electron chi connectivity index (χ2n) is 7.39. The third-order valence-electron chi connectivity index (χ3n) is 4.90. The van der Waals surface area contributed by atoms with Crippen LogP contribution in [-0.2, 0) is 4.79 Å². The molecule has 2 heterocycles. The molecule has 1 N–H and O–H groups in total. The highest BCUT2D eigenvalue weighted by atomic mass is 127. The summed E-state index contributed by atoms with van der Waals surface area (Å²) < 4.78 is 12.7. The summed E-state index contributed by atoms with van der Waals surface area (Å²) in [5.41, 5.74) is 3.57. The number of halogens is 3. The highest BCUT2D eigenvalue weighted by Crippen LogP contribution is 2.29. The largest absolute Gasteiger partial charge is 0.457 e. The van der Waals surface area contributed by atoms with E-state index in [1.165, 1.54) is 6.08 Å². The van der Waals surface area contributed by atoms with Gasteiger partial charge in [-0.15, -0.1) is 0 Å². The third-order valence-corrected chi connectivity index (χ3v) is 6.01. The fourth-order valence-electron chi connectivity index (χ4n) is 3.39. The number of amides is 1. The van der Waals surface area contributed by atoms with Crippen molar-refractivity contribution in [1.29, 1.82) is 0 Å². The molecule has 0 saturated carbocycles. The molecule has 5 nitrogen and oxygen atoms in total. The second-order valence-corrected chi connectivity index (χ2v) is 9.51. The Morgan fingerprint density at radius 3 is 2.53 bits per heavy atom. The Morgan fingerprint density at radius 2 is 1.74 bits per heavy atom. The number of anilines is 1. The van der Waals surface area contributed by atoms with Crippen molar-refractivity contribution in [3.63, 3.8) is 0 Å². The molecule has 0 unspecified atom stereocenters. The summed E-state index contributed by atoms with van der Waals surface area (Å²) >= 11 is 14.4. The van der Waals surface area contributed by atoms with Gasteiger partial charge >= 0.3 is 0 Å². The van der Waals surface area contributed by atoms with E-state index in [1.807, 2.05) is 24.3 Å². The topological polar surface area (TPSA) is 68.3 Å². The molecule has 5 rings (SSSR count). The second kappa shape index (κ2) is 9.66. The fourth-order valence-corrected chi connectivity index (χ4v) is 4.45. The number of aromatic nitrogens is 1. The van der Waals surface area contributed by atoms with E-state index in [4.69, 9.17) is 32.0 Å². The van der Waals surface area contributed by atoms with Crippen molar-refractivity contribution >= 4 is 74.6 Å². The normalized spacial score (nSPS) is 11.4. The Hall–Kier alpha value is -3.07. The summed E-state index contributed by atoms with van der Waals surface area (Å²) in [6.45, 7) is 0. The Kier molecular flexibility index (Phi) is 6.45. The lowest BCUT2D eigenvalue weighted by molar-refractivity contribution is -0.111. The molecule has 2 aromatic heterocycles. The van der Waals surface area contributed by atoms with E-state index in [-0.39, 0.29) is 5.91 Å². The van der Waals surface area contributed by atoms with Crippen LogP contribution in [0, 0.1) is 3.57 Å². The number of nitrogens with zero attached hydrogens (tertiary/aromatic N) is 1. The van der Waals surface area contributed by atoms with Crippen molar-refractivity contribution in [2.45, 2.75) is 0 Å².